The van der Waals surface area contributed by atoms with Crippen LogP contribution in [0.5, 0.6) is 0 Å². The number of ether oxygens (including phenoxy) is 2. The fourth-order valence-electron chi connectivity index (χ4n) is 0.772. The average Bonchev–Trinajstić information content (AvgIpc) is 2.23. The van der Waals surface area contributed by atoms with E-state index >= 15 is 0 Å². The van der Waals surface area contributed by atoms with Gasteiger partial charge in [-0.3, -0.25) is 9.59 Å². The smallest absolute Gasteiger partial charge is 0.330 e. The summed E-state index contributed by atoms with van der Waals surface area (Å²) in [5.41, 5.74) is 0. The summed E-state index contributed by atoms with van der Waals surface area (Å²) in [6, 6.07) is 0. The Morgan fingerprint density at radius 2 is 2.00 bits per heavy atom. The van der Waals surface area contributed by atoms with E-state index in [2.05, 4.69) is 11.3 Å². The van der Waals surface area contributed by atoms with Gasteiger partial charge in [0.05, 0.1) is 12.8 Å². The van der Waals surface area contributed by atoms with Crippen LogP contribution in [-0.2, 0) is 23.9 Å². The summed E-state index contributed by atoms with van der Waals surface area (Å²) in [6.45, 7) is 4.66. The summed E-state index contributed by atoms with van der Waals surface area (Å²) in [5.74, 6) is -2.30. The van der Waals surface area contributed by atoms with E-state index in [9.17, 15) is 14.4 Å². The van der Waals surface area contributed by atoms with Gasteiger partial charge in [-0.25, -0.2) is 4.79 Å². The molecule has 0 fully saturated rings. The predicted octanol–water partition coefficient (Wildman–Crippen LogP) is 0.512. The van der Waals surface area contributed by atoms with E-state index in [0.717, 1.165) is 6.08 Å². The SMILES string of the molecule is C=CC(=O)O[C@H](C)COC(=O)CCC(=O)O. The number of carbonyl (C=O) groups excluding carboxylic acids is 2. The first-order valence-electron chi connectivity index (χ1n) is 4.66. The van der Waals surface area contributed by atoms with Crippen LogP contribution in [0.1, 0.15) is 19.8 Å². The molecule has 0 unspecified atom stereocenters. The highest BCUT2D eigenvalue weighted by Crippen LogP contribution is 1.97. The topological polar surface area (TPSA) is 89.9 Å². The Kier molecular flexibility index (Phi) is 6.58. The van der Waals surface area contributed by atoms with E-state index in [4.69, 9.17) is 9.84 Å². The first-order chi connectivity index (χ1) is 7.45. The van der Waals surface area contributed by atoms with Crippen molar-refractivity contribution in [1.29, 1.82) is 0 Å². The number of rotatable bonds is 7. The first-order valence-corrected chi connectivity index (χ1v) is 4.66. The number of carboxylic acids is 1. The monoisotopic (exact) mass is 230 g/mol. The van der Waals surface area contributed by atoms with Gasteiger partial charge in [0, 0.05) is 6.08 Å². The normalized spacial score (nSPS) is 11.3. The van der Waals surface area contributed by atoms with Crippen LogP contribution in [0.3, 0.4) is 0 Å². The molecule has 6 heteroatoms. The van der Waals surface area contributed by atoms with Crippen molar-refractivity contribution in [2.45, 2.75) is 25.9 Å². The largest absolute Gasteiger partial charge is 0.481 e. The fourth-order valence-corrected chi connectivity index (χ4v) is 0.772. The molecule has 0 aromatic heterocycles. The lowest BCUT2D eigenvalue weighted by atomic mass is 10.3. The molecule has 0 rings (SSSR count). The molecule has 16 heavy (non-hydrogen) atoms. The number of hydrogen-bond donors (Lipinski definition) is 1. The van der Waals surface area contributed by atoms with Crippen LogP contribution in [0.25, 0.3) is 0 Å². The van der Waals surface area contributed by atoms with E-state index in [-0.39, 0.29) is 19.4 Å². The van der Waals surface area contributed by atoms with Gasteiger partial charge in [-0.05, 0) is 6.92 Å². The molecule has 0 saturated carbocycles. The maximum absolute atomic E-state index is 11.0. The van der Waals surface area contributed by atoms with Crippen molar-refractivity contribution < 1.29 is 29.0 Å². The third kappa shape index (κ3) is 7.54. The molecule has 0 aromatic rings. The van der Waals surface area contributed by atoms with Crippen molar-refractivity contribution in [1.82, 2.24) is 0 Å². The quantitative estimate of drug-likeness (QED) is 0.506. The van der Waals surface area contributed by atoms with Crippen LogP contribution >= 0.6 is 0 Å². The van der Waals surface area contributed by atoms with Crippen molar-refractivity contribution in [3.63, 3.8) is 0 Å². The molecule has 0 aromatic carbocycles. The molecule has 6 nitrogen and oxygen atoms in total. The van der Waals surface area contributed by atoms with Gasteiger partial charge in [0.2, 0.25) is 0 Å². The molecule has 0 bridgehead atoms. The molecule has 0 aliphatic heterocycles. The number of aliphatic carboxylic acids is 1. The lowest BCUT2D eigenvalue weighted by Gasteiger charge is -2.11. The maximum Gasteiger partial charge on any atom is 0.330 e. The van der Waals surface area contributed by atoms with Gasteiger partial charge in [0.1, 0.15) is 12.7 Å². The third-order valence-electron chi connectivity index (χ3n) is 1.51. The lowest BCUT2D eigenvalue weighted by molar-refractivity contribution is -0.155. The minimum atomic E-state index is -1.07. The molecule has 0 radical (unpaired) electrons. The molecule has 1 atom stereocenters. The Morgan fingerprint density at radius 3 is 2.50 bits per heavy atom. The highest BCUT2D eigenvalue weighted by molar-refractivity contribution is 5.81. The molecule has 0 heterocycles. The summed E-state index contributed by atoms with van der Waals surface area (Å²) >= 11 is 0. The maximum atomic E-state index is 11.0. The third-order valence-corrected chi connectivity index (χ3v) is 1.51. The molecule has 0 aliphatic rings. The van der Waals surface area contributed by atoms with Crippen molar-refractivity contribution in [3.05, 3.63) is 12.7 Å². The first kappa shape index (κ1) is 14.2. The highest BCUT2D eigenvalue weighted by Gasteiger charge is 2.11. The zero-order valence-corrected chi connectivity index (χ0v) is 8.97. The zero-order valence-electron chi connectivity index (χ0n) is 8.97. The second kappa shape index (κ2) is 7.44. The van der Waals surface area contributed by atoms with E-state index in [1.165, 1.54) is 0 Å². The molecule has 0 amide bonds. The summed E-state index contributed by atoms with van der Waals surface area (Å²) in [5, 5.41) is 8.30. The van der Waals surface area contributed by atoms with E-state index in [1.807, 2.05) is 0 Å². The van der Waals surface area contributed by atoms with Crippen molar-refractivity contribution >= 4 is 17.9 Å². The van der Waals surface area contributed by atoms with Gasteiger partial charge in [-0.15, -0.1) is 0 Å². The van der Waals surface area contributed by atoms with E-state index < -0.39 is 24.0 Å². The Balaban J connectivity index is 3.70. The second-order valence-electron chi connectivity index (χ2n) is 3.03. The molecule has 90 valence electrons. The summed E-state index contributed by atoms with van der Waals surface area (Å²) in [4.78, 5) is 31.8. The molecular formula is C10H14O6. The number of carbonyl (C=O) groups is 3. The number of carboxylic acid groups (broad SMARTS) is 1. The van der Waals surface area contributed by atoms with Crippen LogP contribution in [-0.4, -0.2) is 35.7 Å². The number of hydrogen-bond acceptors (Lipinski definition) is 5. The van der Waals surface area contributed by atoms with Gasteiger partial charge in [-0.1, -0.05) is 6.58 Å². The molecular weight excluding hydrogens is 216 g/mol. The molecule has 0 aliphatic carbocycles. The van der Waals surface area contributed by atoms with E-state index in [0.29, 0.717) is 0 Å². The van der Waals surface area contributed by atoms with Crippen LogP contribution in [0.4, 0.5) is 0 Å². The number of esters is 2. The highest BCUT2D eigenvalue weighted by atomic mass is 16.6. The van der Waals surface area contributed by atoms with Crippen LogP contribution in [0.15, 0.2) is 12.7 Å². The summed E-state index contributed by atoms with van der Waals surface area (Å²) in [7, 11) is 0. The average molecular weight is 230 g/mol. The zero-order chi connectivity index (χ0) is 12.6. The Hall–Kier alpha value is -1.85. The van der Waals surface area contributed by atoms with Crippen LogP contribution < -0.4 is 0 Å². The minimum Gasteiger partial charge on any atom is -0.481 e. The Labute approximate surface area is 92.8 Å². The molecule has 0 spiro atoms. The van der Waals surface area contributed by atoms with Gasteiger partial charge >= 0.3 is 17.9 Å². The van der Waals surface area contributed by atoms with Crippen LogP contribution in [0, 0.1) is 0 Å². The van der Waals surface area contributed by atoms with Gasteiger partial charge in [0.25, 0.3) is 0 Å². The van der Waals surface area contributed by atoms with E-state index in [1.54, 1.807) is 6.92 Å². The minimum absolute atomic E-state index is 0.0992. The van der Waals surface area contributed by atoms with Crippen molar-refractivity contribution in [3.8, 4) is 0 Å². The Bertz CT molecular complexity index is 283. The second-order valence-corrected chi connectivity index (χ2v) is 3.03. The van der Waals surface area contributed by atoms with Gasteiger partial charge < -0.3 is 14.6 Å². The predicted molar refractivity (Wildman–Crippen MR) is 53.6 cm³/mol. The summed E-state index contributed by atoms with van der Waals surface area (Å²) < 4.78 is 9.41. The Morgan fingerprint density at radius 1 is 1.38 bits per heavy atom. The standard InChI is InChI=1S/C10H14O6/c1-3-9(13)16-7(2)6-15-10(14)5-4-8(11)12/h3,7H,1,4-6H2,2H3,(H,11,12)/t7-/m1/s1. The van der Waals surface area contributed by atoms with Gasteiger partial charge in [-0.2, -0.15) is 0 Å². The summed E-state index contributed by atoms with van der Waals surface area (Å²) in [6.07, 6.45) is -0.0564. The lowest BCUT2D eigenvalue weighted by Crippen LogP contribution is -2.21. The van der Waals surface area contributed by atoms with Gasteiger partial charge in [0.15, 0.2) is 0 Å². The fraction of sp³-hybridized carbons (Fsp3) is 0.500. The molecule has 1 N–H and O–H groups in total. The van der Waals surface area contributed by atoms with Crippen molar-refractivity contribution in [2.75, 3.05) is 6.61 Å². The van der Waals surface area contributed by atoms with Crippen molar-refractivity contribution in [2.24, 2.45) is 0 Å². The van der Waals surface area contributed by atoms with Crippen LogP contribution in [0.2, 0.25) is 0 Å². The molecule has 0 saturated heterocycles.